The van der Waals surface area contributed by atoms with Crippen molar-refractivity contribution in [2.75, 3.05) is 0 Å². The molecule has 148 valence electrons. The molecule has 0 unspecified atom stereocenters. The van der Waals surface area contributed by atoms with Crippen molar-refractivity contribution >= 4 is 35.8 Å². The summed E-state index contributed by atoms with van der Waals surface area (Å²) < 4.78 is 0. The standard InChI is InChI=1S/2C6H8O7/c2*7-3(8)1-6(13,5(11)12)2-4(9)10/h2*13H,1-2H2,(H,7,8)(H,9,10)(H,11,12). The summed E-state index contributed by atoms with van der Waals surface area (Å²) in [6.45, 7) is 0. The Morgan fingerprint density at radius 2 is 0.846 bits per heavy atom. The topological polar surface area (TPSA) is 267 Å². The molecular formula is C12H16O14. The monoisotopic (exact) mass is 384 g/mol. The Morgan fingerprint density at radius 3 is 1.00 bits per heavy atom. The zero-order chi connectivity index (χ0) is 21.3. The third kappa shape index (κ3) is 9.78. The molecule has 0 aromatic rings. The van der Waals surface area contributed by atoms with Crippen molar-refractivity contribution in [2.24, 2.45) is 0 Å². The Kier molecular flexibility index (Phi) is 9.51. The lowest BCUT2D eigenvalue weighted by Gasteiger charge is -2.25. The van der Waals surface area contributed by atoms with Gasteiger partial charge in [-0.2, -0.15) is 0 Å². The van der Waals surface area contributed by atoms with Crippen LogP contribution in [-0.4, -0.2) is 82.8 Å². The highest BCUT2D eigenvalue weighted by atomic mass is 16.4. The minimum Gasteiger partial charge on any atom is -0.547 e. The summed E-state index contributed by atoms with van der Waals surface area (Å²) in [6.07, 6.45) is -4.70. The lowest BCUT2D eigenvalue weighted by atomic mass is 9.96. The van der Waals surface area contributed by atoms with Crippen LogP contribution in [0.3, 0.4) is 0 Å². The van der Waals surface area contributed by atoms with Crippen LogP contribution in [0.4, 0.5) is 0 Å². The first-order valence-corrected chi connectivity index (χ1v) is 6.32. The third-order valence-electron chi connectivity index (χ3n) is 2.55. The average molecular weight is 384 g/mol. The smallest absolute Gasteiger partial charge is 0.547 e. The Morgan fingerprint density at radius 1 is 0.615 bits per heavy atom. The van der Waals surface area contributed by atoms with E-state index in [4.69, 9.17) is 35.7 Å². The van der Waals surface area contributed by atoms with Gasteiger partial charge in [0.15, 0.2) is 5.60 Å². The molecular weight excluding hydrogens is 368 g/mol. The van der Waals surface area contributed by atoms with Gasteiger partial charge in [-0.1, -0.05) is 0 Å². The van der Waals surface area contributed by atoms with Gasteiger partial charge in [0.05, 0.1) is 31.7 Å². The van der Waals surface area contributed by atoms with Crippen LogP contribution in [0.5, 0.6) is 0 Å². The van der Waals surface area contributed by atoms with E-state index in [-0.39, 0.29) is 1.43 Å². The fourth-order valence-electron chi connectivity index (χ4n) is 1.42. The molecule has 0 bridgehead atoms. The van der Waals surface area contributed by atoms with Gasteiger partial charge in [-0.25, -0.2) is 4.79 Å². The number of aliphatic carboxylic acids is 6. The molecule has 0 aliphatic heterocycles. The number of aliphatic hydroxyl groups is 2. The van der Waals surface area contributed by atoms with Gasteiger partial charge < -0.3 is 45.6 Å². The molecule has 7 N–H and O–H groups in total. The van der Waals surface area contributed by atoms with E-state index in [2.05, 4.69) is 0 Å². The summed E-state index contributed by atoms with van der Waals surface area (Å²) in [5.41, 5.74) is -5.59. The Labute approximate surface area is 145 Å². The maximum absolute atomic E-state index is 10.3. The van der Waals surface area contributed by atoms with Crippen LogP contribution in [0.2, 0.25) is 0 Å². The highest BCUT2D eigenvalue weighted by Crippen LogP contribution is 2.16. The molecule has 0 fully saturated rings. The van der Waals surface area contributed by atoms with E-state index in [0.29, 0.717) is 0 Å². The van der Waals surface area contributed by atoms with Gasteiger partial charge in [-0.15, -0.1) is 0 Å². The van der Waals surface area contributed by atoms with Crippen LogP contribution < -0.4 is 5.11 Å². The van der Waals surface area contributed by atoms with Crippen LogP contribution in [0.1, 0.15) is 27.1 Å². The van der Waals surface area contributed by atoms with Crippen molar-refractivity contribution in [3.63, 3.8) is 0 Å². The summed E-state index contributed by atoms with van der Waals surface area (Å²) >= 11 is 0. The third-order valence-corrected chi connectivity index (χ3v) is 2.55. The van der Waals surface area contributed by atoms with E-state index < -0.39 is 72.7 Å². The molecule has 0 saturated heterocycles. The molecule has 0 aliphatic rings. The zero-order valence-corrected chi connectivity index (χ0v) is 12.8. The first-order chi connectivity index (χ1) is 11.6. The first-order valence-electron chi connectivity index (χ1n) is 6.32. The van der Waals surface area contributed by atoms with Crippen molar-refractivity contribution in [3.05, 3.63) is 0 Å². The second-order valence-corrected chi connectivity index (χ2v) is 4.94. The summed E-state index contributed by atoms with van der Waals surface area (Å²) in [5.74, 6) is -10.4. The molecule has 14 nitrogen and oxygen atoms in total. The van der Waals surface area contributed by atoms with Gasteiger partial charge in [0, 0.05) is 0 Å². The Bertz CT molecular complexity index is 513. The molecule has 0 rings (SSSR count). The van der Waals surface area contributed by atoms with Gasteiger partial charge in [0.25, 0.3) is 0 Å². The van der Waals surface area contributed by atoms with Crippen molar-refractivity contribution < 1.29 is 71.0 Å². The largest absolute Gasteiger partial charge is 1.00 e. The number of hydrogen-bond donors (Lipinski definition) is 7. The Balaban J connectivity index is -0.000000411. The fourth-order valence-corrected chi connectivity index (χ4v) is 1.42. The number of rotatable bonds is 10. The van der Waals surface area contributed by atoms with Crippen LogP contribution in [0, 0.1) is 0 Å². The van der Waals surface area contributed by atoms with E-state index >= 15 is 0 Å². The number of hydrogen-bond acceptors (Lipinski definition) is 9. The summed E-state index contributed by atoms with van der Waals surface area (Å²) in [7, 11) is 0. The molecule has 0 aromatic heterocycles. The van der Waals surface area contributed by atoms with Crippen molar-refractivity contribution in [1.29, 1.82) is 0 Å². The normalized spacial score (nSPS) is 10.8. The minimum atomic E-state index is -2.85. The maximum Gasteiger partial charge on any atom is 1.00 e. The van der Waals surface area contributed by atoms with Crippen molar-refractivity contribution in [3.8, 4) is 0 Å². The van der Waals surface area contributed by atoms with Gasteiger partial charge in [-0.05, 0) is 0 Å². The van der Waals surface area contributed by atoms with Gasteiger partial charge in [-0.3, -0.25) is 19.2 Å². The van der Waals surface area contributed by atoms with E-state index in [0.717, 1.165) is 0 Å². The molecule has 0 amide bonds. The predicted molar refractivity (Wildman–Crippen MR) is 72.7 cm³/mol. The second kappa shape index (κ2) is 9.90. The van der Waals surface area contributed by atoms with E-state index in [1.54, 1.807) is 0 Å². The number of carboxylic acids is 6. The molecule has 0 atom stereocenters. The maximum atomic E-state index is 10.3. The summed E-state index contributed by atoms with van der Waals surface area (Å²) in [4.78, 5) is 60.8. The number of carbonyl (C=O) groups excluding carboxylic acids is 1. The van der Waals surface area contributed by atoms with Crippen LogP contribution in [0.25, 0.3) is 0 Å². The van der Waals surface area contributed by atoms with Crippen LogP contribution >= 0.6 is 0 Å². The van der Waals surface area contributed by atoms with E-state index in [1.165, 1.54) is 0 Å². The predicted octanol–water partition coefficient (Wildman–Crippen LogP) is -3.72. The van der Waals surface area contributed by atoms with Crippen LogP contribution in [0.15, 0.2) is 0 Å². The lowest BCUT2D eigenvalue weighted by Crippen LogP contribution is -2.51. The lowest BCUT2D eigenvalue weighted by molar-refractivity contribution is -0.325. The van der Waals surface area contributed by atoms with Crippen molar-refractivity contribution in [1.82, 2.24) is 0 Å². The fraction of sp³-hybridized carbons (Fsp3) is 0.500. The molecule has 0 saturated carbocycles. The average Bonchev–Trinajstić information content (AvgIpc) is 2.34. The van der Waals surface area contributed by atoms with Gasteiger partial charge in [0.1, 0.15) is 5.60 Å². The number of carbonyl (C=O) groups is 6. The number of carboxylic acid groups (broad SMARTS) is 6. The summed E-state index contributed by atoms with van der Waals surface area (Å²) in [6, 6.07) is 0. The summed E-state index contributed by atoms with van der Waals surface area (Å²) in [5, 5.41) is 69.4. The minimum absolute atomic E-state index is 0. The van der Waals surface area contributed by atoms with E-state index in [1.807, 2.05) is 0 Å². The Hall–Kier alpha value is -3.26. The molecule has 0 aromatic carbocycles. The SMILES string of the molecule is O=C(O)CC(O)(CC(=O)O)C(=O)O.O=C(O)CC(O)(CC(=O)O)C(=O)[O-].[H+]. The van der Waals surface area contributed by atoms with E-state index in [9.17, 15) is 33.9 Å². The highest BCUT2D eigenvalue weighted by molar-refractivity contribution is 5.88. The molecule has 26 heavy (non-hydrogen) atoms. The molecule has 14 heteroatoms. The van der Waals surface area contributed by atoms with Crippen LogP contribution in [-0.2, 0) is 28.8 Å². The second-order valence-electron chi connectivity index (χ2n) is 4.94. The molecule has 0 heterocycles. The zero-order valence-electron chi connectivity index (χ0n) is 13.8. The molecule has 0 radical (unpaired) electrons. The van der Waals surface area contributed by atoms with Crippen molar-refractivity contribution in [2.45, 2.75) is 36.9 Å². The van der Waals surface area contributed by atoms with Gasteiger partial charge in [0.2, 0.25) is 0 Å². The first kappa shape index (κ1) is 25.0. The molecule has 0 aliphatic carbocycles. The molecule has 0 spiro atoms. The van der Waals surface area contributed by atoms with Gasteiger partial charge >= 0.3 is 31.3 Å². The quantitative estimate of drug-likeness (QED) is 0.191. The highest BCUT2D eigenvalue weighted by Gasteiger charge is 2.40.